The molecule has 1 heterocycles. The first-order valence-electron chi connectivity index (χ1n) is 7.73. The van der Waals surface area contributed by atoms with Gasteiger partial charge in [0.15, 0.2) is 0 Å². The van der Waals surface area contributed by atoms with Gasteiger partial charge < -0.3 is 5.32 Å². The van der Waals surface area contributed by atoms with E-state index in [1.165, 1.54) is 24.7 Å². The molecule has 2 fully saturated rings. The van der Waals surface area contributed by atoms with Crippen molar-refractivity contribution in [2.24, 2.45) is 5.92 Å². The zero-order valence-electron chi connectivity index (χ0n) is 12.5. The Balaban J connectivity index is 1.73. The normalized spacial score (nSPS) is 27.7. The first-order valence-corrected chi connectivity index (χ1v) is 9.79. The maximum absolute atomic E-state index is 11.5. The summed E-state index contributed by atoms with van der Waals surface area (Å²) in [4.78, 5) is 2.36. The Kier molecular flexibility index (Phi) is 4.33. The van der Waals surface area contributed by atoms with E-state index < -0.39 is 9.84 Å². The summed E-state index contributed by atoms with van der Waals surface area (Å²) in [6.07, 6.45) is 3.95. The van der Waals surface area contributed by atoms with Crippen LogP contribution in [0.4, 0.5) is 0 Å². The van der Waals surface area contributed by atoms with E-state index in [2.05, 4.69) is 34.5 Å². The largest absolute Gasteiger partial charge is 0.311 e. The smallest absolute Gasteiger partial charge is 0.148 e. The van der Waals surface area contributed by atoms with Gasteiger partial charge in [0.2, 0.25) is 0 Å². The van der Waals surface area contributed by atoms with Crippen LogP contribution in [0, 0.1) is 5.92 Å². The summed E-state index contributed by atoms with van der Waals surface area (Å²) in [5.74, 6) is 1.04. The molecule has 2 aliphatic rings. The predicted octanol–water partition coefficient (Wildman–Crippen LogP) is 1.46. The fourth-order valence-electron chi connectivity index (χ4n) is 3.18. The molecule has 0 spiro atoms. The lowest BCUT2D eigenvalue weighted by atomic mass is 9.99. The van der Waals surface area contributed by atoms with Gasteiger partial charge in [0.05, 0.1) is 5.75 Å². The Labute approximate surface area is 127 Å². The molecular weight excluding hydrogens is 284 g/mol. The third-order valence-electron chi connectivity index (χ3n) is 4.57. The molecule has 0 radical (unpaired) electrons. The summed E-state index contributed by atoms with van der Waals surface area (Å²) < 4.78 is 23.0. The molecule has 21 heavy (non-hydrogen) atoms. The number of rotatable bonds is 5. The van der Waals surface area contributed by atoms with Crippen molar-refractivity contribution in [1.29, 1.82) is 0 Å². The molecule has 0 aromatic heterocycles. The standard InChI is InChI=1S/C16H24N2O2S/c1-21(19,20)10-9-18-12-15(13-7-8-13)17-11-16(18)14-5-3-2-4-6-14/h2-6,13,15-17H,7-12H2,1H3. The molecule has 1 saturated heterocycles. The number of benzene rings is 1. The van der Waals surface area contributed by atoms with Gasteiger partial charge in [-0.15, -0.1) is 0 Å². The third kappa shape index (κ3) is 4.05. The van der Waals surface area contributed by atoms with Gasteiger partial charge >= 0.3 is 0 Å². The first-order chi connectivity index (χ1) is 10.0. The van der Waals surface area contributed by atoms with Crippen LogP contribution in [0.5, 0.6) is 0 Å². The minimum atomic E-state index is -2.91. The second-order valence-electron chi connectivity index (χ2n) is 6.40. The number of piperazine rings is 1. The van der Waals surface area contributed by atoms with Gasteiger partial charge in [0.25, 0.3) is 0 Å². The van der Waals surface area contributed by atoms with Crippen molar-refractivity contribution in [3.63, 3.8) is 0 Å². The van der Waals surface area contributed by atoms with Gasteiger partial charge in [-0.25, -0.2) is 8.42 Å². The first kappa shape index (κ1) is 15.0. The van der Waals surface area contributed by atoms with Gasteiger partial charge in [-0.2, -0.15) is 0 Å². The molecule has 3 rings (SSSR count). The molecule has 1 N–H and O–H groups in total. The number of nitrogens with one attached hydrogen (secondary N) is 1. The summed E-state index contributed by atoms with van der Waals surface area (Å²) in [7, 11) is -2.91. The Bertz CT molecular complexity index is 569. The molecule has 2 unspecified atom stereocenters. The molecule has 1 saturated carbocycles. The van der Waals surface area contributed by atoms with Crippen molar-refractivity contribution < 1.29 is 8.42 Å². The lowest BCUT2D eigenvalue weighted by Gasteiger charge is -2.41. The van der Waals surface area contributed by atoms with Crippen molar-refractivity contribution in [3.05, 3.63) is 35.9 Å². The summed E-state index contributed by atoms with van der Waals surface area (Å²) in [5.41, 5.74) is 1.27. The molecule has 1 aromatic rings. The Morgan fingerprint density at radius 1 is 1.24 bits per heavy atom. The molecule has 5 heteroatoms. The minimum absolute atomic E-state index is 0.244. The van der Waals surface area contributed by atoms with Crippen LogP contribution in [0.15, 0.2) is 30.3 Å². The van der Waals surface area contributed by atoms with Crippen molar-refractivity contribution in [3.8, 4) is 0 Å². The maximum atomic E-state index is 11.5. The van der Waals surface area contributed by atoms with E-state index in [-0.39, 0.29) is 11.8 Å². The molecule has 0 bridgehead atoms. The monoisotopic (exact) mass is 308 g/mol. The molecular formula is C16H24N2O2S. The highest BCUT2D eigenvalue weighted by atomic mass is 32.2. The molecule has 1 aliphatic carbocycles. The van der Waals surface area contributed by atoms with E-state index in [9.17, 15) is 8.42 Å². The Morgan fingerprint density at radius 3 is 2.57 bits per heavy atom. The van der Waals surface area contributed by atoms with Gasteiger partial charge in [-0.05, 0) is 24.3 Å². The topological polar surface area (TPSA) is 49.4 Å². The zero-order chi connectivity index (χ0) is 14.9. The average Bonchev–Trinajstić information content (AvgIpc) is 3.30. The van der Waals surface area contributed by atoms with E-state index in [1.54, 1.807) is 0 Å². The Morgan fingerprint density at radius 2 is 1.95 bits per heavy atom. The lowest BCUT2D eigenvalue weighted by molar-refractivity contribution is 0.130. The van der Waals surface area contributed by atoms with E-state index in [0.717, 1.165) is 19.0 Å². The molecule has 1 aromatic carbocycles. The summed E-state index contributed by atoms with van der Waals surface area (Å²) in [6.45, 7) is 2.50. The number of sulfone groups is 1. The Hall–Kier alpha value is -0.910. The van der Waals surface area contributed by atoms with Crippen molar-refractivity contribution >= 4 is 9.84 Å². The van der Waals surface area contributed by atoms with Gasteiger partial charge in [0.1, 0.15) is 9.84 Å². The number of nitrogens with zero attached hydrogens (tertiary/aromatic N) is 1. The lowest BCUT2D eigenvalue weighted by Crippen LogP contribution is -2.54. The fraction of sp³-hybridized carbons (Fsp3) is 0.625. The van der Waals surface area contributed by atoms with E-state index in [4.69, 9.17) is 0 Å². The molecule has 1 aliphatic heterocycles. The van der Waals surface area contributed by atoms with E-state index >= 15 is 0 Å². The van der Waals surface area contributed by atoms with Crippen molar-refractivity contribution in [2.75, 3.05) is 31.6 Å². The maximum Gasteiger partial charge on any atom is 0.148 e. The van der Waals surface area contributed by atoms with Crippen LogP contribution >= 0.6 is 0 Å². The number of hydrogen-bond acceptors (Lipinski definition) is 4. The fourth-order valence-corrected chi connectivity index (χ4v) is 3.75. The highest BCUT2D eigenvalue weighted by Gasteiger charge is 2.37. The van der Waals surface area contributed by atoms with Crippen LogP contribution < -0.4 is 5.32 Å². The SMILES string of the molecule is CS(=O)(=O)CCN1CC(C2CC2)NCC1c1ccccc1. The van der Waals surface area contributed by atoms with E-state index in [0.29, 0.717) is 12.6 Å². The van der Waals surface area contributed by atoms with Crippen LogP contribution in [0.2, 0.25) is 0 Å². The summed E-state index contributed by atoms with van der Waals surface area (Å²) in [6, 6.07) is 11.2. The average molecular weight is 308 g/mol. The second kappa shape index (κ2) is 6.07. The third-order valence-corrected chi connectivity index (χ3v) is 5.49. The number of hydrogen-bond donors (Lipinski definition) is 1. The predicted molar refractivity (Wildman–Crippen MR) is 85.0 cm³/mol. The summed E-state index contributed by atoms with van der Waals surface area (Å²) >= 11 is 0. The van der Waals surface area contributed by atoms with E-state index in [1.807, 2.05) is 6.07 Å². The highest BCUT2D eigenvalue weighted by molar-refractivity contribution is 7.90. The molecule has 0 amide bonds. The van der Waals surface area contributed by atoms with Crippen LogP contribution in [0.25, 0.3) is 0 Å². The van der Waals surface area contributed by atoms with Crippen LogP contribution in [-0.4, -0.2) is 51.0 Å². The molecule has 116 valence electrons. The minimum Gasteiger partial charge on any atom is -0.311 e. The quantitative estimate of drug-likeness (QED) is 0.894. The molecule has 2 atom stereocenters. The van der Waals surface area contributed by atoms with Crippen molar-refractivity contribution in [1.82, 2.24) is 10.2 Å². The molecule has 4 nitrogen and oxygen atoms in total. The highest BCUT2D eigenvalue weighted by Crippen LogP contribution is 2.36. The zero-order valence-corrected chi connectivity index (χ0v) is 13.3. The van der Waals surface area contributed by atoms with Gasteiger partial charge in [0, 0.05) is 38.0 Å². The second-order valence-corrected chi connectivity index (χ2v) is 8.66. The van der Waals surface area contributed by atoms with Crippen molar-refractivity contribution in [2.45, 2.75) is 24.9 Å². The van der Waals surface area contributed by atoms with Gasteiger partial charge in [-0.1, -0.05) is 30.3 Å². The summed E-state index contributed by atoms with van der Waals surface area (Å²) in [5, 5.41) is 3.67. The van der Waals surface area contributed by atoms with Crippen LogP contribution in [0.1, 0.15) is 24.4 Å². The van der Waals surface area contributed by atoms with Crippen LogP contribution in [-0.2, 0) is 9.84 Å². The van der Waals surface area contributed by atoms with Gasteiger partial charge in [-0.3, -0.25) is 4.90 Å². The van der Waals surface area contributed by atoms with Crippen LogP contribution in [0.3, 0.4) is 0 Å².